The molecule has 0 aliphatic carbocycles. The summed E-state index contributed by atoms with van der Waals surface area (Å²) in [4.78, 5) is 13.7. The highest BCUT2D eigenvalue weighted by Crippen LogP contribution is 2.30. The quantitative estimate of drug-likeness (QED) is 0.444. The van der Waals surface area contributed by atoms with E-state index in [1.54, 1.807) is 11.3 Å². The number of nitrogens with one attached hydrogen (secondary N) is 1. The number of fused-ring (bicyclic) bond motifs is 1. The molecule has 1 atom stereocenters. The van der Waals surface area contributed by atoms with Crippen molar-refractivity contribution in [3.8, 4) is 0 Å². The maximum absolute atomic E-state index is 12.8. The zero-order valence-electron chi connectivity index (χ0n) is 16.1. The van der Waals surface area contributed by atoms with Gasteiger partial charge >= 0.3 is 0 Å². The third-order valence-electron chi connectivity index (χ3n) is 5.30. The highest BCUT2D eigenvalue weighted by molar-refractivity contribution is 7.89. The van der Waals surface area contributed by atoms with Crippen molar-refractivity contribution in [2.45, 2.75) is 23.9 Å². The normalized spacial score (nSPS) is 15.5. The van der Waals surface area contributed by atoms with Gasteiger partial charge in [0.25, 0.3) is 5.69 Å². The molecule has 7 nitrogen and oxygen atoms in total. The minimum Gasteiger partial charge on any atom is -0.290 e. The Bertz CT molecular complexity index is 1130. The summed E-state index contributed by atoms with van der Waals surface area (Å²) in [6.07, 6.45) is 0.924. The number of nitro benzene ring substituents is 1. The molecule has 0 unspecified atom stereocenters. The van der Waals surface area contributed by atoms with Crippen LogP contribution in [0.4, 0.5) is 5.69 Å². The average Bonchev–Trinajstić information content (AvgIpc) is 3.28. The first-order valence-electron chi connectivity index (χ1n) is 9.52. The monoisotopic (exact) mass is 443 g/mol. The zero-order chi connectivity index (χ0) is 21.1. The van der Waals surface area contributed by atoms with Gasteiger partial charge < -0.3 is 0 Å². The highest BCUT2D eigenvalue weighted by atomic mass is 32.2. The Morgan fingerprint density at radius 3 is 2.47 bits per heavy atom. The number of thiophene rings is 1. The number of non-ortho nitro benzene ring substituents is 1. The summed E-state index contributed by atoms with van der Waals surface area (Å²) in [6.45, 7) is 1.83. The third-order valence-corrected chi connectivity index (χ3v) is 7.71. The number of nitro groups is 1. The van der Waals surface area contributed by atoms with E-state index < -0.39 is 14.9 Å². The van der Waals surface area contributed by atoms with E-state index in [4.69, 9.17) is 0 Å². The molecule has 156 valence electrons. The van der Waals surface area contributed by atoms with Gasteiger partial charge in [-0.25, -0.2) is 13.1 Å². The van der Waals surface area contributed by atoms with Crippen molar-refractivity contribution in [3.63, 3.8) is 0 Å². The van der Waals surface area contributed by atoms with Gasteiger partial charge in [0.15, 0.2) is 0 Å². The maximum atomic E-state index is 12.8. The summed E-state index contributed by atoms with van der Waals surface area (Å²) >= 11 is 1.61. The molecule has 0 radical (unpaired) electrons. The molecule has 0 amide bonds. The molecule has 0 bridgehead atoms. The van der Waals surface area contributed by atoms with Gasteiger partial charge in [-0.15, -0.1) is 11.3 Å². The van der Waals surface area contributed by atoms with Crippen molar-refractivity contribution in [1.82, 2.24) is 9.62 Å². The molecule has 1 aliphatic heterocycles. The molecule has 30 heavy (non-hydrogen) atoms. The van der Waals surface area contributed by atoms with E-state index in [9.17, 15) is 18.5 Å². The summed E-state index contributed by atoms with van der Waals surface area (Å²) in [5.74, 6) is 0. The molecule has 2 aromatic carbocycles. The van der Waals surface area contributed by atoms with Crippen molar-refractivity contribution in [2.24, 2.45) is 0 Å². The van der Waals surface area contributed by atoms with E-state index >= 15 is 0 Å². The van der Waals surface area contributed by atoms with Crippen LogP contribution in [0.5, 0.6) is 0 Å². The van der Waals surface area contributed by atoms with Gasteiger partial charge in [-0.1, -0.05) is 30.3 Å². The molecular weight excluding hydrogens is 422 g/mol. The fraction of sp³-hybridized carbons (Fsp3) is 0.238. The molecule has 0 saturated heterocycles. The Labute approximate surface area is 179 Å². The summed E-state index contributed by atoms with van der Waals surface area (Å²) < 4.78 is 28.2. The van der Waals surface area contributed by atoms with Crippen LogP contribution in [0, 0.1) is 10.1 Å². The Hall–Kier alpha value is -2.59. The van der Waals surface area contributed by atoms with Gasteiger partial charge in [-0.2, -0.15) is 0 Å². The molecule has 2 heterocycles. The fourth-order valence-corrected chi connectivity index (χ4v) is 5.59. The lowest BCUT2D eigenvalue weighted by atomic mass is 9.98. The maximum Gasteiger partial charge on any atom is 0.269 e. The number of benzene rings is 2. The van der Waals surface area contributed by atoms with E-state index in [0.29, 0.717) is 0 Å². The molecule has 1 aliphatic rings. The standard InChI is InChI=1S/C21H21N3O4S2/c25-24(26)18-7-9-19(10-8-18)30(27,28)22-14-20(21-6-3-13-29-21)23-12-11-16-4-1-2-5-17(16)15-23/h1-10,13,20,22H,11-12,14-15H2/t20-/m1/s1. The van der Waals surface area contributed by atoms with E-state index in [1.807, 2.05) is 29.6 Å². The number of rotatable bonds is 7. The highest BCUT2D eigenvalue weighted by Gasteiger charge is 2.27. The van der Waals surface area contributed by atoms with Crippen LogP contribution in [0.25, 0.3) is 0 Å². The smallest absolute Gasteiger partial charge is 0.269 e. The van der Waals surface area contributed by atoms with Crippen LogP contribution in [0.1, 0.15) is 22.0 Å². The molecule has 0 spiro atoms. The van der Waals surface area contributed by atoms with Gasteiger partial charge in [0, 0.05) is 36.6 Å². The van der Waals surface area contributed by atoms with Crippen molar-refractivity contribution in [3.05, 3.63) is 92.2 Å². The van der Waals surface area contributed by atoms with Crippen LogP contribution in [0.15, 0.2) is 70.9 Å². The van der Waals surface area contributed by atoms with Crippen molar-refractivity contribution in [2.75, 3.05) is 13.1 Å². The molecule has 3 aromatic rings. The molecule has 0 saturated carbocycles. The second-order valence-corrected chi connectivity index (χ2v) is 9.87. The Morgan fingerprint density at radius 1 is 1.07 bits per heavy atom. The summed E-state index contributed by atoms with van der Waals surface area (Å²) in [7, 11) is -3.78. The van der Waals surface area contributed by atoms with Crippen LogP contribution in [0.3, 0.4) is 0 Å². The molecule has 9 heteroatoms. The Kier molecular flexibility index (Phi) is 5.96. The zero-order valence-corrected chi connectivity index (χ0v) is 17.7. The number of sulfonamides is 1. The molecular formula is C21H21N3O4S2. The fourth-order valence-electron chi connectivity index (χ4n) is 3.69. The van der Waals surface area contributed by atoms with Crippen molar-refractivity contribution in [1.29, 1.82) is 0 Å². The SMILES string of the molecule is O=[N+]([O-])c1ccc(S(=O)(=O)NC[C@H](c2cccs2)N2CCc3ccccc3C2)cc1. The molecule has 1 N–H and O–H groups in total. The lowest BCUT2D eigenvalue weighted by molar-refractivity contribution is -0.384. The van der Waals surface area contributed by atoms with Gasteiger partial charge in [0.1, 0.15) is 0 Å². The van der Waals surface area contributed by atoms with Crippen LogP contribution in [-0.4, -0.2) is 31.3 Å². The Morgan fingerprint density at radius 2 is 1.80 bits per heavy atom. The first kappa shape index (κ1) is 20.7. The third kappa shape index (κ3) is 4.44. The second kappa shape index (κ2) is 8.65. The number of nitrogens with zero attached hydrogens (tertiary/aromatic N) is 2. The van der Waals surface area contributed by atoms with Crippen LogP contribution in [0.2, 0.25) is 0 Å². The molecule has 0 fully saturated rings. The van der Waals surface area contributed by atoms with Gasteiger partial charge in [-0.3, -0.25) is 15.0 Å². The van der Waals surface area contributed by atoms with E-state index in [-0.39, 0.29) is 23.2 Å². The van der Waals surface area contributed by atoms with Crippen LogP contribution < -0.4 is 4.72 Å². The predicted octanol–water partition coefficient (Wildman–Crippen LogP) is 3.73. The first-order valence-corrected chi connectivity index (χ1v) is 11.9. The topological polar surface area (TPSA) is 92.5 Å². The summed E-state index contributed by atoms with van der Waals surface area (Å²) in [5.41, 5.74) is 2.46. The van der Waals surface area contributed by atoms with Gasteiger partial charge in [-0.05, 0) is 41.1 Å². The van der Waals surface area contributed by atoms with Crippen molar-refractivity contribution >= 4 is 27.0 Å². The number of hydrogen-bond acceptors (Lipinski definition) is 6. The average molecular weight is 444 g/mol. The molecule has 4 rings (SSSR count). The number of hydrogen-bond donors (Lipinski definition) is 1. The largest absolute Gasteiger partial charge is 0.290 e. The van der Waals surface area contributed by atoms with Crippen LogP contribution >= 0.6 is 11.3 Å². The van der Waals surface area contributed by atoms with E-state index in [1.165, 1.54) is 35.4 Å². The van der Waals surface area contributed by atoms with E-state index in [2.05, 4.69) is 21.8 Å². The first-order chi connectivity index (χ1) is 14.4. The van der Waals surface area contributed by atoms with Gasteiger partial charge in [0.2, 0.25) is 10.0 Å². The van der Waals surface area contributed by atoms with Crippen LogP contribution in [-0.2, 0) is 23.0 Å². The minimum atomic E-state index is -3.78. The lowest BCUT2D eigenvalue weighted by Gasteiger charge is -2.35. The second-order valence-electron chi connectivity index (χ2n) is 7.12. The van der Waals surface area contributed by atoms with E-state index in [0.717, 1.165) is 24.4 Å². The van der Waals surface area contributed by atoms with Gasteiger partial charge in [0.05, 0.1) is 15.9 Å². The summed E-state index contributed by atoms with van der Waals surface area (Å²) in [6, 6.07) is 17.2. The minimum absolute atomic E-state index is 0.0158. The lowest BCUT2D eigenvalue weighted by Crippen LogP contribution is -2.40. The van der Waals surface area contributed by atoms with Crippen molar-refractivity contribution < 1.29 is 13.3 Å². The summed E-state index contributed by atoms with van der Waals surface area (Å²) in [5, 5.41) is 12.8. The predicted molar refractivity (Wildman–Crippen MR) is 116 cm³/mol. The molecule has 1 aromatic heterocycles. The Balaban J connectivity index is 1.52.